The van der Waals surface area contributed by atoms with Crippen molar-refractivity contribution >= 4 is 35.0 Å². The number of halogens is 1. The summed E-state index contributed by atoms with van der Waals surface area (Å²) in [6.07, 6.45) is 0.889. The number of hydrogen-bond acceptors (Lipinski definition) is 4. The third kappa shape index (κ3) is 3.31. The van der Waals surface area contributed by atoms with Crippen LogP contribution in [0.2, 0.25) is 5.02 Å². The minimum atomic E-state index is -0.282. The Labute approximate surface area is 173 Å². The first-order chi connectivity index (χ1) is 13.5. The summed E-state index contributed by atoms with van der Waals surface area (Å²) in [6, 6.07) is 15.8. The van der Waals surface area contributed by atoms with E-state index in [-0.39, 0.29) is 17.2 Å². The summed E-state index contributed by atoms with van der Waals surface area (Å²) < 4.78 is 1.89. The monoisotopic (exact) mass is 412 g/mol. The van der Waals surface area contributed by atoms with E-state index >= 15 is 0 Å². The molecule has 4 rings (SSSR count). The van der Waals surface area contributed by atoms with Gasteiger partial charge in [-0.25, -0.2) is 0 Å². The first-order valence-corrected chi connectivity index (χ1v) is 10.4. The average Bonchev–Trinajstić information content (AvgIpc) is 3.21. The molecule has 2 heterocycles. The van der Waals surface area contributed by atoms with Crippen LogP contribution in [0, 0.1) is 0 Å². The van der Waals surface area contributed by atoms with Gasteiger partial charge in [0, 0.05) is 24.3 Å². The third-order valence-electron chi connectivity index (χ3n) is 5.02. The lowest BCUT2D eigenvalue weighted by Crippen LogP contribution is -2.40. The van der Waals surface area contributed by atoms with Crippen molar-refractivity contribution in [2.24, 2.45) is 7.05 Å². The second-order valence-corrected chi connectivity index (χ2v) is 8.71. The molecule has 0 saturated carbocycles. The first kappa shape index (κ1) is 19.0. The zero-order chi connectivity index (χ0) is 19.8. The summed E-state index contributed by atoms with van der Waals surface area (Å²) in [7, 11) is 1.89. The molecule has 2 aromatic carbocycles. The molecule has 0 aliphatic carbocycles. The lowest BCUT2D eigenvalue weighted by atomic mass is 10.1. The smallest absolute Gasteiger partial charge is 0.240 e. The van der Waals surface area contributed by atoms with Crippen LogP contribution in [0.15, 0.2) is 53.7 Å². The van der Waals surface area contributed by atoms with Gasteiger partial charge in [0.05, 0.1) is 10.3 Å². The quantitative estimate of drug-likeness (QED) is 0.588. The van der Waals surface area contributed by atoms with Gasteiger partial charge in [0.25, 0.3) is 0 Å². The molecule has 0 fully saturated rings. The lowest BCUT2D eigenvalue weighted by molar-refractivity contribution is -0.118. The number of thioether (sulfide) groups is 1. The zero-order valence-corrected chi connectivity index (χ0v) is 17.5. The van der Waals surface area contributed by atoms with E-state index in [0.29, 0.717) is 16.0 Å². The molecule has 144 valence electrons. The Morgan fingerprint density at radius 2 is 1.89 bits per heavy atom. The van der Waals surface area contributed by atoms with E-state index in [2.05, 4.69) is 23.2 Å². The second-order valence-electron chi connectivity index (χ2n) is 7.00. The fraction of sp³-hybridized carbons (Fsp3) is 0.286. The summed E-state index contributed by atoms with van der Waals surface area (Å²) in [6.45, 7) is 4.01. The van der Waals surface area contributed by atoms with E-state index in [4.69, 9.17) is 11.6 Å². The number of rotatable bonds is 4. The Kier molecular flexibility index (Phi) is 5.17. The van der Waals surface area contributed by atoms with E-state index < -0.39 is 0 Å². The van der Waals surface area contributed by atoms with Gasteiger partial charge in [-0.1, -0.05) is 53.7 Å². The molecule has 28 heavy (non-hydrogen) atoms. The standard InChI is InChI=1S/C21H21ClN4OS/c1-13-12-15-8-4-7-11-18(15)26(13)20(27)14(2)28-21-24-23-19(25(21)3)16-9-5-6-10-17(16)22/h4-11,13-14H,12H2,1-3H3. The van der Waals surface area contributed by atoms with Crippen molar-refractivity contribution in [3.8, 4) is 11.4 Å². The number of amides is 1. The molecule has 1 aliphatic rings. The number of aromatic nitrogens is 3. The Morgan fingerprint density at radius 3 is 2.68 bits per heavy atom. The predicted molar refractivity (Wildman–Crippen MR) is 114 cm³/mol. The molecular formula is C21H21ClN4OS. The van der Waals surface area contributed by atoms with Crippen molar-refractivity contribution < 1.29 is 4.79 Å². The van der Waals surface area contributed by atoms with Crippen molar-refractivity contribution in [3.63, 3.8) is 0 Å². The number of anilines is 1. The Bertz CT molecular complexity index is 1030. The van der Waals surface area contributed by atoms with E-state index in [1.165, 1.54) is 17.3 Å². The molecule has 7 heteroatoms. The van der Waals surface area contributed by atoms with Crippen LogP contribution < -0.4 is 4.90 Å². The topological polar surface area (TPSA) is 51.0 Å². The number of fused-ring (bicyclic) bond motifs is 1. The molecule has 1 aliphatic heterocycles. The van der Waals surface area contributed by atoms with Gasteiger partial charge in [0.1, 0.15) is 0 Å². The molecule has 2 unspecified atom stereocenters. The largest absolute Gasteiger partial charge is 0.308 e. The van der Waals surface area contributed by atoms with Crippen molar-refractivity contribution in [3.05, 3.63) is 59.1 Å². The molecule has 0 bridgehead atoms. The minimum absolute atomic E-state index is 0.0877. The van der Waals surface area contributed by atoms with Crippen LogP contribution in [0.5, 0.6) is 0 Å². The molecular weight excluding hydrogens is 392 g/mol. The van der Waals surface area contributed by atoms with Crippen molar-refractivity contribution in [2.75, 3.05) is 4.90 Å². The maximum atomic E-state index is 13.2. The second kappa shape index (κ2) is 7.60. The summed E-state index contributed by atoms with van der Waals surface area (Å²) >= 11 is 7.72. The van der Waals surface area contributed by atoms with Gasteiger partial charge in [0.2, 0.25) is 5.91 Å². The molecule has 0 N–H and O–H groups in total. The first-order valence-electron chi connectivity index (χ1n) is 9.19. The minimum Gasteiger partial charge on any atom is -0.308 e. The summed E-state index contributed by atoms with van der Waals surface area (Å²) in [5.41, 5.74) is 3.06. The van der Waals surface area contributed by atoms with Gasteiger partial charge in [-0.15, -0.1) is 10.2 Å². The van der Waals surface area contributed by atoms with Gasteiger partial charge in [-0.2, -0.15) is 0 Å². The number of para-hydroxylation sites is 1. The van der Waals surface area contributed by atoms with Crippen molar-refractivity contribution in [2.45, 2.75) is 36.7 Å². The van der Waals surface area contributed by atoms with E-state index in [1.54, 1.807) is 0 Å². The van der Waals surface area contributed by atoms with Gasteiger partial charge in [-0.05, 0) is 44.0 Å². The number of carbonyl (C=O) groups excluding carboxylic acids is 1. The number of hydrogen-bond donors (Lipinski definition) is 0. The van der Waals surface area contributed by atoms with Gasteiger partial charge >= 0.3 is 0 Å². The summed E-state index contributed by atoms with van der Waals surface area (Å²) in [5.74, 6) is 0.775. The molecule has 0 saturated heterocycles. The van der Waals surface area contributed by atoms with Crippen LogP contribution >= 0.6 is 23.4 Å². The summed E-state index contributed by atoms with van der Waals surface area (Å²) in [4.78, 5) is 15.1. The highest BCUT2D eigenvalue weighted by molar-refractivity contribution is 8.00. The Balaban J connectivity index is 1.56. The van der Waals surface area contributed by atoms with Crippen molar-refractivity contribution in [1.82, 2.24) is 14.8 Å². The normalized spacial score (nSPS) is 16.9. The van der Waals surface area contributed by atoms with Crippen LogP contribution in [0.4, 0.5) is 5.69 Å². The highest BCUT2D eigenvalue weighted by atomic mass is 35.5. The van der Waals surface area contributed by atoms with Crippen LogP contribution in [0.25, 0.3) is 11.4 Å². The highest BCUT2D eigenvalue weighted by Crippen LogP contribution is 2.35. The maximum absolute atomic E-state index is 13.2. The highest BCUT2D eigenvalue weighted by Gasteiger charge is 2.34. The van der Waals surface area contributed by atoms with Gasteiger partial charge < -0.3 is 9.47 Å². The molecule has 0 radical (unpaired) electrons. The Hall–Kier alpha value is -2.31. The van der Waals surface area contributed by atoms with E-state index in [1.807, 2.05) is 65.9 Å². The zero-order valence-electron chi connectivity index (χ0n) is 16.0. The van der Waals surface area contributed by atoms with Gasteiger partial charge in [-0.3, -0.25) is 4.79 Å². The average molecular weight is 413 g/mol. The molecule has 3 aromatic rings. The number of carbonyl (C=O) groups is 1. The Morgan fingerprint density at radius 1 is 1.18 bits per heavy atom. The lowest BCUT2D eigenvalue weighted by Gasteiger charge is -2.25. The van der Waals surface area contributed by atoms with Crippen LogP contribution in [-0.2, 0) is 18.3 Å². The number of benzene rings is 2. The molecule has 1 amide bonds. The predicted octanol–water partition coefficient (Wildman–Crippen LogP) is 4.59. The maximum Gasteiger partial charge on any atom is 0.240 e. The van der Waals surface area contributed by atoms with Crippen molar-refractivity contribution in [1.29, 1.82) is 0 Å². The summed E-state index contributed by atoms with van der Waals surface area (Å²) in [5, 5.41) is 9.62. The fourth-order valence-corrected chi connectivity index (χ4v) is 4.68. The molecule has 5 nitrogen and oxygen atoms in total. The van der Waals surface area contributed by atoms with E-state index in [9.17, 15) is 4.79 Å². The molecule has 2 atom stereocenters. The van der Waals surface area contributed by atoms with Crippen LogP contribution in [0.1, 0.15) is 19.4 Å². The van der Waals surface area contributed by atoms with Crippen LogP contribution in [0.3, 0.4) is 0 Å². The SMILES string of the molecule is CC(Sc1nnc(-c2ccccc2Cl)n1C)C(=O)N1c2ccccc2CC1C. The molecule has 1 aromatic heterocycles. The fourth-order valence-electron chi connectivity index (χ4n) is 3.60. The molecule has 0 spiro atoms. The van der Waals surface area contributed by atoms with E-state index in [0.717, 1.165) is 17.7 Å². The van der Waals surface area contributed by atoms with Gasteiger partial charge in [0.15, 0.2) is 11.0 Å². The third-order valence-corrected chi connectivity index (χ3v) is 6.48. The van der Waals surface area contributed by atoms with Crippen LogP contribution in [-0.4, -0.2) is 32.0 Å². The number of nitrogens with zero attached hydrogens (tertiary/aromatic N) is 4.